The highest BCUT2D eigenvalue weighted by Crippen LogP contribution is 2.27. The van der Waals surface area contributed by atoms with E-state index < -0.39 is 0 Å². The van der Waals surface area contributed by atoms with Crippen molar-refractivity contribution < 1.29 is 9.53 Å². The summed E-state index contributed by atoms with van der Waals surface area (Å²) in [6, 6.07) is 14.5. The number of hydrogen-bond donors (Lipinski definition) is 1. The van der Waals surface area contributed by atoms with Crippen LogP contribution in [0.25, 0.3) is 10.4 Å². The zero-order chi connectivity index (χ0) is 13.5. The SMILES string of the molecule is CCOC(=O)CNCc1ccc(-c2ccccc2)s1. The van der Waals surface area contributed by atoms with Crippen LogP contribution in [0.1, 0.15) is 11.8 Å². The van der Waals surface area contributed by atoms with Crippen LogP contribution in [0.5, 0.6) is 0 Å². The topological polar surface area (TPSA) is 38.3 Å². The molecule has 100 valence electrons. The maximum Gasteiger partial charge on any atom is 0.319 e. The normalized spacial score (nSPS) is 10.4. The molecule has 1 N–H and O–H groups in total. The minimum absolute atomic E-state index is 0.206. The average molecular weight is 275 g/mol. The van der Waals surface area contributed by atoms with Gasteiger partial charge in [-0.15, -0.1) is 11.3 Å². The molecule has 0 bridgehead atoms. The van der Waals surface area contributed by atoms with E-state index in [9.17, 15) is 4.79 Å². The second-order valence-electron chi connectivity index (χ2n) is 4.04. The zero-order valence-electron chi connectivity index (χ0n) is 10.9. The van der Waals surface area contributed by atoms with Crippen LogP contribution in [0.3, 0.4) is 0 Å². The summed E-state index contributed by atoms with van der Waals surface area (Å²) >= 11 is 1.74. The third-order valence-corrected chi connectivity index (χ3v) is 3.73. The number of nitrogens with one attached hydrogen (secondary N) is 1. The second kappa shape index (κ2) is 7.07. The van der Waals surface area contributed by atoms with Crippen LogP contribution in [-0.4, -0.2) is 19.1 Å². The van der Waals surface area contributed by atoms with Crippen LogP contribution in [0.15, 0.2) is 42.5 Å². The van der Waals surface area contributed by atoms with Gasteiger partial charge in [-0.2, -0.15) is 0 Å². The largest absolute Gasteiger partial charge is 0.465 e. The molecule has 0 aliphatic rings. The van der Waals surface area contributed by atoms with Crippen LogP contribution >= 0.6 is 11.3 Å². The lowest BCUT2D eigenvalue weighted by atomic mass is 10.2. The third-order valence-electron chi connectivity index (χ3n) is 2.59. The summed E-state index contributed by atoms with van der Waals surface area (Å²) < 4.78 is 4.86. The molecular formula is C15H17NO2S. The summed E-state index contributed by atoms with van der Waals surface area (Å²) in [5.74, 6) is -0.206. The van der Waals surface area contributed by atoms with E-state index in [1.165, 1.54) is 15.3 Å². The average Bonchev–Trinajstić information content (AvgIpc) is 2.89. The van der Waals surface area contributed by atoms with E-state index in [4.69, 9.17) is 4.74 Å². The van der Waals surface area contributed by atoms with Crippen molar-refractivity contribution in [2.75, 3.05) is 13.2 Å². The Balaban J connectivity index is 1.86. The van der Waals surface area contributed by atoms with Crippen molar-refractivity contribution >= 4 is 17.3 Å². The van der Waals surface area contributed by atoms with Gasteiger partial charge in [0.2, 0.25) is 0 Å². The molecule has 0 saturated heterocycles. The van der Waals surface area contributed by atoms with Crippen molar-refractivity contribution in [3.63, 3.8) is 0 Å². The first-order chi connectivity index (χ1) is 9.29. The van der Waals surface area contributed by atoms with Gasteiger partial charge in [-0.3, -0.25) is 4.79 Å². The van der Waals surface area contributed by atoms with Crippen molar-refractivity contribution in [1.82, 2.24) is 5.32 Å². The summed E-state index contributed by atoms with van der Waals surface area (Å²) in [6.45, 7) is 3.18. The Morgan fingerprint density at radius 1 is 1.21 bits per heavy atom. The number of esters is 1. The Bertz CT molecular complexity index is 522. The van der Waals surface area contributed by atoms with Gasteiger partial charge in [0, 0.05) is 16.3 Å². The summed E-state index contributed by atoms with van der Waals surface area (Å²) in [6.07, 6.45) is 0. The standard InChI is InChI=1S/C15H17NO2S/c1-2-18-15(17)11-16-10-13-8-9-14(19-13)12-6-4-3-5-7-12/h3-9,16H,2,10-11H2,1H3. The number of carbonyl (C=O) groups excluding carboxylic acids is 1. The number of hydrogen-bond acceptors (Lipinski definition) is 4. The van der Waals surface area contributed by atoms with Crippen LogP contribution in [0.4, 0.5) is 0 Å². The summed E-state index contributed by atoms with van der Waals surface area (Å²) in [5.41, 5.74) is 1.23. The van der Waals surface area contributed by atoms with Crippen LogP contribution < -0.4 is 5.32 Å². The van der Waals surface area contributed by atoms with Gasteiger partial charge in [0.1, 0.15) is 0 Å². The van der Waals surface area contributed by atoms with E-state index in [-0.39, 0.29) is 12.5 Å². The molecule has 0 radical (unpaired) electrons. The lowest BCUT2D eigenvalue weighted by Crippen LogP contribution is -2.23. The molecule has 0 atom stereocenters. The van der Waals surface area contributed by atoms with Crippen LogP contribution in [0.2, 0.25) is 0 Å². The fourth-order valence-electron chi connectivity index (χ4n) is 1.73. The molecule has 0 amide bonds. The Labute approximate surface area is 117 Å². The molecule has 1 heterocycles. The van der Waals surface area contributed by atoms with Crippen LogP contribution in [0, 0.1) is 0 Å². The molecule has 0 aliphatic heterocycles. The first-order valence-electron chi connectivity index (χ1n) is 6.30. The molecule has 0 aliphatic carbocycles. The zero-order valence-corrected chi connectivity index (χ0v) is 11.7. The summed E-state index contributed by atoms with van der Waals surface area (Å²) in [4.78, 5) is 13.6. The van der Waals surface area contributed by atoms with Gasteiger partial charge in [0.25, 0.3) is 0 Å². The van der Waals surface area contributed by atoms with E-state index in [0.717, 1.165) is 0 Å². The maximum absolute atomic E-state index is 11.2. The number of ether oxygens (including phenoxy) is 1. The second-order valence-corrected chi connectivity index (χ2v) is 5.21. The van der Waals surface area contributed by atoms with Crippen molar-refractivity contribution in [2.24, 2.45) is 0 Å². The lowest BCUT2D eigenvalue weighted by molar-refractivity contribution is -0.142. The highest BCUT2D eigenvalue weighted by Gasteiger charge is 2.04. The van der Waals surface area contributed by atoms with Crippen molar-refractivity contribution in [2.45, 2.75) is 13.5 Å². The Hall–Kier alpha value is -1.65. The fourth-order valence-corrected chi connectivity index (χ4v) is 2.71. The van der Waals surface area contributed by atoms with Gasteiger partial charge in [0.15, 0.2) is 0 Å². The quantitative estimate of drug-likeness (QED) is 0.823. The van der Waals surface area contributed by atoms with Gasteiger partial charge >= 0.3 is 5.97 Å². The lowest BCUT2D eigenvalue weighted by Gasteiger charge is -2.02. The van der Waals surface area contributed by atoms with Gasteiger partial charge in [-0.05, 0) is 24.6 Å². The predicted molar refractivity (Wildman–Crippen MR) is 78.1 cm³/mol. The molecule has 0 fully saturated rings. The number of rotatable bonds is 6. The first-order valence-corrected chi connectivity index (χ1v) is 7.11. The molecule has 2 aromatic rings. The van der Waals surface area contributed by atoms with Crippen molar-refractivity contribution in [1.29, 1.82) is 0 Å². The van der Waals surface area contributed by atoms with Gasteiger partial charge in [0.05, 0.1) is 13.2 Å². The molecule has 3 nitrogen and oxygen atoms in total. The van der Waals surface area contributed by atoms with Gasteiger partial charge < -0.3 is 10.1 Å². The Morgan fingerprint density at radius 2 is 2.00 bits per heavy atom. The molecule has 0 unspecified atom stereocenters. The highest BCUT2D eigenvalue weighted by atomic mass is 32.1. The number of carbonyl (C=O) groups is 1. The predicted octanol–water partition coefficient (Wildman–Crippen LogP) is 3.07. The maximum atomic E-state index is 11.2. The van der Waals surface area contributed by atoms with E-state index in [0.29, 0.717) is 13.2 Å². The molecule has 19 heavy (non-hydrogen) atoms. The molecule has 0 spiro atoms. The minimum atomic E-state index is -0.206. The van der Waals surface area contributed by atoms with E-state index >= 15 is 0 Å². The summed E-state index contributed by atoms with van der Waals surface area (Å²) in [7, 11) is 0. The van der Waals surface area contributed by atoms with E-state index in [1.54, 1.807) is 11.3 Å². The summed E-state index contributed by atoms with van der Waals surface area (Å²) in [5, 5.41) is 3.09. The Kier molecular flexibility index (Phi) is 5.12. The van der Waals surface area contributed by atoms with Gasteiger partial charge in [-0.25, -0.2) is 0 Å². The molecule has 1 aromatic heterocycles. The monoisotopic (exact) mass is 275 g/mol. The number of thiophene rings is 1. The van der Waals surface area contributed by atoms with E-state index in [2.05, 4.69) is 29.6 Å². The number of benzene rings is 1. The van der Waals surface area contributed by atoms with Gasteiger partial charge in [-0.1, -0.05) is 30.3 Å². The Morgan fingerprint density at radius 3 is 2.74 bits per heavy atom. The third kappa shape index (κ3) is 4.19. The molecular weight excluding hydrogens is 258 g/mol. The first kappa shape index (κ1) is 13.8. The minimum Gasteiger partial charge on any atom is -0.465 e. The fraction of sp³-hybridized carbons (Fsp3) is 0.267. The molecule has 0 saturated carbocycles. The smallest absolute Gasteiger partial charge is 0.319 e. The molecule has 4 heteroatoms. The van der Waals surface area contributed by atoms with Crippen LogP contribution in [-0.2, 0) is 16.1 Å². The van der Waals surface area contributed by atoms with Crippen molar-refractivity contribution in [3.05, 3.63) is 47.3 Å². The van der Waals surface area contributed by atoms with E-state index in [1.807, 2.05) is 25.1 Å². The van der Waals surface area contributed by atoms with Crippen molar-refractivity contribution in [3.8, 4) is 10.4 Å². The molecule has 1 aromatic carbocycles. The molecule has 2 rings (SSSR count). The highest BCUT2D eigenvalue weighted by molar-refractivity contribution is 7.15.